The molecule has 19 heavy (non-hydrogen) atoms. The molecule has 2 aliphatic rings. The number of benzene rings is 1. The van der Waals surface area contributed by atoms with Crippen LogP contribution in [0.4, 0.5) is 5.69 Å². The van der Waals surface area contributed by atoms with Gasteiger partial charge in [0.25, 0.3) is 0 Å². The summed E-state index contributed by atoms with van der Waals surface area (Å²) in [5.41, 5.74) is 7.82. The van der Waals surface area contributed by atoms with Gasteiger partial charge in [0.15, 0.2) is 0 Å². The summed E-state index contributed by atoms with van der Waals surface area (Å²) in [6, 6.07) is 7.30. The monoisotopic (exact) mass is 339 g/mol. The van der Waals surface area contributed by atoms with Gasteiger partial charge >= 0.3 is 0 Å². The van der Waals surface area contributed by atoms with Gasteiger partial charge in [0.05, 0.1) is 0 Å². The van der Waals surface area contributed by atoms with E-state index in [2.05, 4.69) is 32.2 Å². The lowest BCUT2D eigenvalue weighted by atomic mass is 10.1. The van der Waals surface area contributed by atoms with E-state index >= 15 is 0 Å². The molecule has 1 aromatic rings. The van der Waals surface area contributed by atoms with Crippen LogP contribution in [-0.4, -0.2) is 35.1 Å². The molecule has 2 unspecified atom stereocenters. The van der Waals surface area contributed by atoms with Crippen LogP contribution in [0.3, 0.4) is 0 Å². The topological polar surface area (TPSA) is 41.3 Å². The van der Waals surface area contributed by atoms with Crippen LogP contribution in [0.5, 0.6) is 0 Å². The lowest BCUT2D eigenvalue weighted by Gasteiger charge is -2.23. The highest BCUT2D eigenvalue weighted by molar-refractivity contribution is 9.10. The molecule has 0 aromatic heterocycles. The normalized spacial score (nSPS) is 26.4. The van der Waals surface area contributed by atoms with Gasteiger partial charge in [-0.1, -0.05) is 28.1 Å². The van der Waals surface area contributed by atoms with E-state index in [1.807, 2.05) is 12.1 Å². The summed E-state index contributed by atoms with van der Waals surface area (Å²) < 4.78 is 1.01. The highest BCUT2D eigenvalue weighted by atomic mass is 79.9. The maximum absolute atomic E-state index is 5.82. The summed E-state index contributed by atoms with van der Waals surface area (Å²) in [6.07, 6.45) is 3.83. The van der Waals surface area contributed by atoms with Crippen molar-refractivity contribution in [1.82, 2.24) is 4.90 Å². The molecule has 2 saturated heterocycles. The Labute approximate surface area is 127 Å². The number of anilines is 1. The lowest BCUT2D eigenvalue weighted by Crippen LogP contribution is -2.34. The average Bonchev–Trinajstić information content (AvgIpc) is 2.96. The second-order valence-electron chi connectivity index (χ2n) is 5.34. The van der Waals surface area contributed by atoms with Crippen LogP contribution in [0.1, 0.15) is 24.8 Å². The van der Waals surface area contributed by atoms with Gasteiger partial charge in [0.2, 0.25) is 0 Å². The van der Waals surface area contributed by atoms with E-state index in [1.165, 1.54) is 32.4 Å². The van der Waals surface area contributed by atoms with Crippen molar-refractivity contribution in [3.63, 3.8) is 0 Å². The number of nitrogens with two attached hydrogens (primary N) is 1. The van der Waals surface area contributed by atoms with Crippen LogP contribution in [0.2, 0.25) is 0 Å². The maximum atomic E-state index is 5.82. The predicted molar refractivity (Wildman–Crippen MR) is 86.7 cm³/mol. The van der Waals surface area contributed by atoms with Crippen LogP contribution in [0, 0.1) is 0 Å². The zero-order valence-corrected chi connectivity index (χ0v) is 13.1. The van der Waals surface area contributed by atoms with Crippen molar-refractivity contribution < 1.29 is 0 Å². The average molecular weight is 340 g/mol. The van der Waals surface area contributed by atoms with E-state index in [1.54, 1.807) is 0 Å². The third-order valence-corrected chi connectivity index (χ3v) is 4.91. The highest BCUT2D eigenvalue weighted by Gasteiger charge is 2.37. The third-order valence-electron chi connectivity index (χ3n) is 4.19. The van der Waals surface area contributed by atoms with Gasteiger partial charge in [0, 0.05) is 34.4 Å². The Balaban J connectivity index is 1.81. The zero-order valence-electron chi connectivity index (χ0n) is 10.7. The smallest absolute Gasteiger partial charge is 0.106 e. The van der Waals surface area contributed by atoms with Gasteiger partial charge in [0.1, 0.15) is 4.99 Å². The predicted octanol–water partition coefficient (Wildman–Crippen LogP) is 2.73. The molecular weight excluding hydrogens is 322 g/mol. The third kappa shape index (κ3) is 2.64. The molecule has 0 bridgehead atoms. The summed E-state index contributed by atoms with van der Waals surface area (Å²) in [6.45, 7) is 2.46. The molecule has 1 aromatic carbocycles. The van der Waals surface area contributed by atoms with Crippen LogP contribution in [-0.2, 0) is 0 Å². The molecule has 0 aliphatic carbocycles. The van der Waals surface area contributed by atoms with Crippen LogP contribution in [0.15, 0.2) is 22.7 Å². The molecule has 0 radical (unpaired) electrons. The molecule has 0 spiro atoms. The minimum absolute atomic E-state index is 0.449. The molecular formula is C14H18BrN3S. The van der Waals surface area contributed by atoms with Crippen LogP contribution >= 0.6 is 28.1 Å². The quantitative estimate of drug-likeness (QED) is 0.831. The molecule has 102 valence electrons. The summed E-state index contributed by atoms with van der Waals surface area (Å²) in [4.78, 5) is 3.04. The molecule has 5 heteroatoms. The minimum Gasteiger partial charge on any atom is -0.389 e. The summed E-state index contributed by atoms with van der Waals surface area (Å²) >= 11 is 8.62. The SMILES string of the molecule is NC(=S)c1cc(Br)ccc1NC1CCN2CCCC12. The van der Waals surface area contributed by atoms with Gasteiger partial charge < -0.3 is 11.1 Å². The van der Waals surface area contributed by atoms with Crippen molar-refractivity contribution in [3.8, 4) is 0 Å². The van der Waals surface area contributed by atoms with Crippen LogP contribution in [0.25, 0.3) is 0 Å². The molecule has 3 nitrogen and oxygen atoms in total. The fourth-order valence-electron chi connectivity index (χ4n) is 3.30. The number of hydrogen-bond acceptors (Lipinski definition) is 3. The fraction of sp³-hybridized carbons (Fsp3) is 0.500. The second kappa shape index (κ2) is 5.38. The number of hydrogen-bond donors (Lipinski definition) is 2. The van der Waals surface area contributed by atoms with Crippen LogP contribution < -0.4 is 11.1 Å². The van der Waals surface area contributed by atoms with Crippen molar-refractivity contribution >= 4 is 38.8 Å². The Kier molecular flexibility index (Phi) is 3.78. The molecule has 2 atom stereocenters. The van der Waals surface area contributed by atoms with Crippen molar-refractivity contribution in [1.29, 1.82) is 0 Å². The highest BCUT2D eigenvalue weighted by Crippen LogP contribution is 2.31. The first-order valence-electron chi connectivity index (χ1n) is 6.75. The fourth-order valence-corrected chi connectivity index (χ4v) is 3.83. The van der Waals surface area contributed by atoms with E-state index in [0.717, 1.165) is 15.7 Å². The summed E-state index contributed by atoms with van der Waals surface area (Å²) in [7, 11) is 0. The first-order valence-corrected chi connectivity index (χ1v) is 7.95. The Morgan fingerprint density at radius 3 is 3.00 bits per heavy atom. The number of fused-ring (bicyclic) bond motifs is 1. The van der Waals surface area contributed by atoms with Gasteiger partial charge in [-0.3, -0.25) is 4.90 Å². The first-order chi connectivity index (χ1) is 9.15. The largest absolute Gasteiger partial charge is 0.389 e. The molecule has 2 aliphatic heterocycles. The van der Waals surface area contributed by atoms with E-state index in [0.29, 0.717) is 17.1 Å². The molecule has 2 fully saturated rings. The van der Waals surface area contributed by atoms with Gasteiger partial charge in [-0.15, -0.1) is 0 Å². The van der Waals surface area contributed by atoms with E-state index in [-0.39, 0.29) is 0 Å². The molecule has 0 saturated carbocycles. The molecule has 3 N–H and O–H groups in total. The van der Waals surface area contributed by atoms with E-state index in [4.69, 9.17) is 18.0 Å². The second-order valence-corrected chi connectivity index (χ2v) is 6.69. The Morgan fingerprint density at radius 1 is 1.37 bits per heavy atom. The molecule has 0 amide bonds. The molecule has 2 heterocycles. The number of nitrogens with zero attached hydrogens (tertiary/aromatic N) is 1. The van der Waals surface area contributed by atoms with Gasteiger partial charge in [-0.25, -0.2) is 0 Å². The van der Waals surface area contributed by atoms with Crippen molar-refractivity contribution in [2.24, 2.45) is 5.73 Å². The van der Waals surface area contributed by atoms with Crippen molar-refractivity contribution in [3.05, 3.63) is 28.2 Å². The number of thiocarbonyl (C=S) groups is 1. The minimum atomic E-state index is 0.449. The number of halogens is 1. The Hall–Kier alpha value is -0.650. The van der Waals surface area contributed by atoms with Crippen molar-refractivity contribution in [2.75, 3.05) is 18.4 Å². The Morgan fingerprint density at radius 2 is 2.21 bits per heavy atom. The summed E-state index contributed by atoms with van der Waals surface area (Å²) in [5.74, 6) is 0. The summed E-state index contributed by atoms with van der Waals surface area (Å²) in [5, 5.41) is 3.66. The van der Waals surface area contributed by atoms with Crippen molar-refractivity contribution in [2.45, 2.75) is 31.3 Å². The van der Waals surface area contributed by atoms with Gasteiger partial charge in [-0.05, 0) is 44.0 Å². The Bertz CT molecular complexity index is 505. The zero-order chi connectivity index (χ0) is 13.4. The lowest BCUT2D eigenvalue weighted by molar-refractivity contribution is 0.318. The van der Waals surface area contributed by atoms with E-state index in [9.17, 15) is 0 Å². The maximum Gasteiger partial charge on any atom is 0.106 e. The standard InChI is InChI=1S/C14H18BrN3S/c15-9-3-4-11(10(8-9)14(16)19)17-12-5-7-18-6-1-2-13(12)18/h3-4,8,12-13,17H,1-2,5-7H2,(H2,16,19). The first kappa shape index (κ1) is 13.3. The number of rotatable bonds is 3. The number of nitrogens with one attached hydrogen (secondary N) is 1. The molecule has 3 rings (SSSR count). The van der Waals surface area contributed by atoms with E-state index < -0.39 is 0 Å². The van der Waals surface area contributed by atoms with Gasteiger partial charge in [-0.2, -0.15) is 0 Å².